The van der Waals surface area contributed by atoms with Gasteiger partial charge in [-0.3, -0.25) is 14.5 Å². The lowest BCUT2D eigenvalue weighted by Crippen LogP contribution is -2.65. The molecule has 10 heteroatoms. The van der Waals surface area contributed by atoms with Crippen molar-refractivity contribution in [1.29, 1.82) is 0 Å². The van der Waals surface area contributed by atoms with E-state index in [2.05, 4.69) is 16.0 Å². The van der Waals surface area contributed by atoms with Crippen LogP contribution in [0, 0.1) is 11.8 Å². The van der Waals surface area contributed by atoms with Gasteiger partial charge in [0.1, 0.15) is 11.8 Å². The van der Waals surface area contributed by atoms with Crippen LogP contribution >= 0.6 is 0 Å². The number of fused-ring (bicyclic) bond motifs is 1. The van der Waals surface area contributed by atoms with E-state index in [1.165, 1.54) is 0 Å². The van der Waals surface area contributed by atoms with Crippen molar-refractivity contribution in [2.75, 3.05) is 26.2 Å². The highest BCUT2D eigenvalue weighted by Crippen LogP contribution is 2.33. The molecule has 4 heterocycles. The Morgan fingerprint density at radius 3 is 2.53 bits per heavy atom. The van der Waals surface area contributed by atoms with E-state index in [1.807, 2.05) is 0 Å². The van der Waals surface area contributed by atoms with E-state index in [9.17, 15) is 19.2 Å². The number of ether oxygens (including phenoxy) is 1. The van der Waals surface area contributed by atoms with Crippen LogP contribution in [-0.4, -0.2) is 77.7 Å². The lowest BCUT2D eigenvalue weighted by molar-refractivity contribution is -0.134. The fraction of sp³-hybridized carbons (Fsp3) is 0.800. The summed E-state index contributed by atoms with van der Waals surface area (Å²) in [4.78, 5) is 51.8. The number of piperidine rings is 1. The Kier molecular flexibility index (Phi) is 5.61. The zero-order valence-corrected chi connectivity index (χ0v) is 17.6. The van der Waals surface area contributed by atoms with Crippen LogP contribution in [0.25, 0.3) is 0 Å². The highest BCUT2D eigenvalue weighted by molar-refractivity contribution is 6.06. The maximum absolute atomic E-state index is 12.6. The van der Waals surface area contributed by atoms with Crippen LogP contribution in [0.4, 0.5) is 9.59 Å². The van der Waals surface area contributed by atoms with Crippen LogP contribution in [0.5, 0.6) is 0 Å². The van der Waals surface area contributed by atoms with Crippen LogP contribution < -0.4 is 16.0 Å². The number of carbonyl (C=O) groups is 4. The lowest BCUT2D eigenvalue weighted by atomic mass is 9.77. The molecule has 166 valence electrons. The molecule has 0 aromatic rings. The molecule has 0 saturated carbocycles. The van der Waals surface area contributed by atoms with E-state index >= 15 is 0 Å². The fourth-order valence-electron chi connectivity index (χ4n) is 5.11. The molecule has 30 heavy (non-hydrogen) atoms. The van der Waals surface area contributed by atoms with Crippen molar-refractivity contribution in [1.82, 2.24) is 25.8 Å². The van der Waals surface area contributed by atoms with Gasteiger partial charge in [-0.25, -0.2) is 9.59 Å². The number of nitrogens with zero attached hydrogens (tertiary/aromatic N) is 2. The van der Waals surface area contributed by atoms with Crippen molar-refractivity contribution >= 4 is 23.9 Å². The van der Waals surface area contributed by atoms with Crippen molar-refractivity contribution in [3.8, 4) is 0 Å². The number of hydrogen-bond acceptors (Lipinski definition) is 5. The molecule has 6 amide bonds. The van der Waals surface area contributed by atoms with Gasteiger partial charge < -0.3 is 25.6 Å². The SMILES string of the molecule is CC1(C)NC(=O)N(CCC(=O)N2CCC([C@@H]3NC(=O)N[C@H]4OCCC[C@H]43)CC2)C1=O. The van der Waals surface area contributed by atoms with Crippen molar-refractivity contribution in [2.24, 2.45) is 11.8 Å². The Bertz CT molecular complexity index is 733. The van der Waals surface area contributed by atoms with Crippen LogP contribution in [0.15, 0.2) is 0 Å². The van der Waals surface area contributed by atoms with Gasteiger partial charge in [-0.05, 0) is 45.4 Å². The third-order valence-electron chi connectivity index (χ3n) is 6.79. The van der Waals surface area contributed by atoms with Gasteiger partial charge in [-0.2, -0.15) is 0 Å². The summed E-state index contributed by atoms with van der Waals surface area (Å²) in [6, 6.07) is -0.560. The van der Waals surface area contributed by atoms with E-state index < -0.39 is 11.6 Å². The average Bonchev–Trinajstić information content (AvgIpc) is 2.92. The van der Waals surface area contributed by atoms with Gasteiger partial charge in [-0.15, -0.1) is 0 Å². The van der Waals surface area contributed by atoms with Gasteiger partial charge >= 0.3 is 12.1 Å². The van der Waals surface area contributed by atoms with Crippen molar-refractivity contribution in [2.45, 2.75) is 63.8 Å². The van der Waals surface area contributed by atoms with Gasteiger partial charge in [0.05, 0.1) is 0 Å². The molecule has 0 aromatic heterocycles. The molecular weight excluding hydrogens is 390 g/mol. The van der Waals surface area contributed by atoms with E-state index in [0.29, 0.717) is 25.6 Å². The second kappa shape index (κ2) is 8.05. The van der Waals surface area contributed by atoms with E-state index in [-0.39, 0.29) is 49.0 Å². The summed E-state index contributed by atoms with van der Waals surface area (Å²) in [5.41, 5.74) is -0.918. The van der Waals surface area contributed by atoms with Crippen LogP contribution in [0.3, 0.4) is 0 Å². The number of nitrogens with one attached hydrogen (secondary N) is 3. The number of amides is 6. The Hall–Kier alpha value is -2.36. The first-order valence-electron chi connectivity index (χ1n) is 10.9. The molecule has 4 saturated heterocycles. The second-order valence-electron chi connectivity index (χ2n) is 9.22. The summed E-state index contributed by atoms with van der Waals surface area (Å²) in [6.07, 6.45) is 3.55. The Morgan fingerprint density at radius 2 is 1.87 bits per heavy atom. The first kappa shape index (κ1) is 20.9. The van der Waals surface area contributed by atoms with Crippen LogP contribution in [0.1, 0.15) is 46.0 Å². The first-order valence-corrected chi connectivity index (χ1v) is 10.9. The zero-order chi connectivity index (χ0) is 21.5. The maximum Gasteiger partial charge on any atom is 0.325 e. The third-order valence-corrected chi connectivity index (χ3v) is 6.79. The summed E-state index contributed by atoms with van der Waals surface area (Å²) in [6.45, 7) is 5.32. The number of likely N-dealkylation sites (tertiary alicyclic amines) is 1. The van der Waals surface area contributed by atoms with Gasteiger partial charge in [0.2, 0.25) is 5.91 Å². The monoisotopic (exact) mass is 421 g/mol. The third kappa shape index (κ3) is 3.97. The summed E-state index contributed by atoms with van der Waals surface area (Å²) in [7, 11) is 0. The molecule has 4 aliphatic rings. The van der Waals surface area contributed by atoms with E-state index in [1.54, 1.807) is 18.7 Å². The van der Waals surface area contributed by atoms with Crippen LogP contribution in [-0.2, 0) is 14.3 Å². The smallest absolute Gasteiger partial charge is 0.325 e. The highest BCUT2D eigenvalue weighted by atomic mass is 16.5. The quantitative estimate of drug-likeness (QED) is 0.567. The Balaban J connectivity index is 1.28. The molecule has 3 N–H and O–H groups in total. The van der Waals surface area contributed by atoms with Crippen molar-refractivity contribution in [3.05, 3.63) is 0 Å². The Morgan fingerprint density at radius 1 is 1.13 bits per heavy atom. The van der Waals surface area contributed by atoms with Gasteiger partial charge in [-0.1, -0.05) is 0 Å². The molecule has 4 rings (SSSR count). The molecule has 0 radical (unpaired) electrons. The molecular formula is C20H31N5O5. The average molecular weight is 421 g/mol. The van der Waals surface area contributed by atoms with Gasteiger partial charge in [0.15, 0.2) is 0 Å². The molecule has 4 fully saturated rings. The molecule has 0 aromatic carbocycles. The number of carbonyl (C=O) groups excluding carboxylic acids is 4. The minimum absolute atomic E-state index is 0.0491. The molecule has 10 nitrogen and oxygen atoms in total. The molecule has 0 aliphatic carbocycles. The number of rotatable bonds is 4. The predicted molar refractivity (Wildman–Crippen MR) is 106 cm³/mol. The summed E-state index contributed by atoms with van der Waals surface area (Å²) in [5.74, 6) is 0.213. The number of hydrogen-bond donors (Lipinski definition) is 3. The molecule has 4 aliphatic heterocycles. The molecule has 0 spiro atoms. The van der Waals surface area contributed by atoms with E-state index in [0.717, 1.165) is 30.6 Å². The predicted octanol–water partition coefficient (Wildman–Crippen LogP) is 0.380. The number of urea groups is 2. The number of imide groups is 1. The fourth-order valence-corrected chi connectivity index (χ4v) is 5.11. The van der Waals surface area contributed by atoms with E-state index in [4.69, 9.17) is 4.74 Å². The van der Waals surface area contributed by atoms with Crippen molar-refractivity contribution < 1.29 is 23.9 Å². The minimum atomic E-state index is -0.918. The molecule has 0 unspecified atom stereocenters. The van der Waals surface area contributed by atoms with Gasteiger partial charge in [0, 0.05) is 44.6 Å². The lowest BCUT2D eigenvalue weighted by Gasteiger charge is -2.46. The molecule has 0 bridgehead atoms. The first-order chi connectivity index (χ1) is 14.3. The topological polar surface area (TPSA) is 120 Å². The summed E-state index contributed by atoms with van der Waals surface area (Å²) < 4.78 is 5.74. The van der Waals surface area contributed by atoms with Crippen molar-refractivity contribution in [3.63, 3.8) is 0 Å². The zero-order valence-electron chi connectivity index (χ0n) is 17.6. The second-order valence-corrected chi connectivity index (χ2v) is 9.22. The van der Waals surface area contributed by atoms with Crippen LogP contribution in [0.2, 0.25) is 0 Å². The maximum atomic E-state index is 12.6. The Labute approximate surface area is 176 Å². The highest BCUT2D eigenvalue weighted by Gasteiger charge is 2.45. The summed E-state index contributed by atoms with van der Waals surface area (Å²) >= 11 is 0. The largest absolute Gasteiger partial charge is 0.358 e. The normalized spacial score (nSPS) is 31.7. The summed E-state index contributed by atoms with van der Waals surface area (Å²) in [5, 5.41) is 8.58. The molecule has 3 atom stereocenters. The standard InChI is InChI=1S/C20H31N5O5/c1-20(2)17(27)25(19(29)23-20)10-7-14(26)24-8-5-12(6-9-24)15-13-4-3-11-30-16(13)22-18(28)21-15/h12-13,15-16H,3-11H2,1-2H3,(H,23,29)(H2,21,22,28)/t13-,15-,16-/m0/s1. The van der Waals surface area contributed by atoms with Gasteiger partial charge in [0.25, 0.3) is 5.91 Å². The minimum Gasteiger partial charge on any atom is -0.358 e.